The van der Waals surface area contributed by atoms with Crippen LogP contribution in [-0.2, 0) is 17.6 Å². The Balaban J connectivity index is 1.54. The quantitative estimate of drug-likeness (QED) is 0.652. The first-order chi connectivity index (χ1) is 12.5. The molecule has 26 heavy (non-hydrogen) atoms. The Morgan fingerprint density at radius 3 is 2.58 bits per heavy atom. The third-order valence-electron chi connectivity index (χ3n) is 4.13. The van der Waals surface area contributed by atoms with Gasteiger partial charge in [-0.2, -0.15) is 0 Å². The van der Waals surface area contributed by atoms with Crippen molar-refractivity contribution in [2.24, 2.45) is 5.73 Å². The molecule has 0 fully saturated rings. The topological polar surface area (TPSA) is 93.4 Å². The molecule has 0 radical (unpaired) electrons. The molecule has 1 aliphatic rings. The van der Waals surface area contributed by atoms with E-state index in [0.29, 0.717) is 16.3 Å². The molecule has 4 N–H and O–H groups in total. The zero-order chi connectivity index (χ0) is 18.5. The first-order valence-corrected chi connectivity index (χ1v) is 9.23. The Morgan fingerprint density at radius 2 is 1.88 bits per heavy atom. The lowest BCUT2D eigenvalue weighted by Gasteiger charge is -2.11. The van der Waals surface area contributed by atoms with Crippen LogP contribution in [0.15, 0.2) is 36.9 Å². The average Bonchev–Trinajstić information content (AvgIpc) is 3.09. The minimum absolute atomic E-state index is 0.160. The molecule has 2 amide bonds. The number of primary amides is 1. The van der Waals surface area contributed by atoms with Gasteiger partial charge in [0, 0.05) is 4.88 Å². The van der Waals surface area contributed by atoms with E-state index in [1.807, 2.05) is 6.07 Å². The lowest BCUT2D eigenvalue weighted by molar-refractivity contribution is -0.119. The second-order valence-corrected chi connectivity index (χ2v) is 7.24. The fourth-order valence-electron chi connectivity index (χ4n) is 2.78. The van der Waals surface area contributed by atoms with Crippen molar-refractivity contribution < 1.29 is 14.3 Å². The van der Waals surface area contributed by atoms with Gasteiger partial charge in [0.05, 0.1) is 10.6 Å². The van der Waals surface area contributed by atoms with Gasteiger partial charge in [0.15, 0.2) is 6.61 Å². The molecule has 136 valence electrons. The molecule has 0 atom stereocenters. The van der Waals surface area contributed by atoms with E-state index in [2.05, 4.69) is 17.4 Å². The predicted molar refractivity (Wildman–Crippen MR) is 102 cm³/mol. The van der Waals surface area contributed by atoms with E-state index in [0.717, 1.165) is 18.4 Å². The molecule has 6 nitrogen and oxygen atoms in total. The number of thiophene rings is 1. The first kappa shape index (κ1) is 18.0. The maximum Gasteiger partial charge on any atom is 0.279 e. The number of rotatable bonds is 7. The minimum atomic E-state index is -0.530. The van der Waals surface area contributed by atoms with Gasteiger partial charge in [-0.25, -0.2) is 0 Å². The molecule has 1 heterocycles. The van der Waals surface area contributed by atoms with Crippen LogP contribution >= 0.6 is 11.3 Å². The molecule has 1 aliphatic carbocycles. The maximum absolute atomic E-state index is 12.3. The summed E-state index contributed by atoms with van der Waals surface area (Å²) in [5.74, 6) is -0.154. The second-order valence-electron chi connectivity index (χ2n) is 6.10. The van der Waals surface area contributed by atoms with Crippen LogP contribution in [0.25, 0.3) is 5.70 Å². The maximum atomic E-state index is 12.3. The van der Waals surface area contributed by atoms with Gasteiger partial charge >= 0.3 is 0 Å². The molecule has 1 aromatic carbocycles. The zero-order valence-corrected chi connectivity index (χ0v) is 15.2. The third-order valence-corrected chi connectivity index (χ3v) is 5.37. The Labute approximate surface area is 156 Å². The van der Waals surface area contributed by atoms with Crippen LogP contribution in [0, 0.1) is 0 Å². The van der Waals surface area contributed by atoms with Crippen molar-refractivity contribution in [3.63, 3.8) is 0 Å². The largest absolute Gasteiger partial charge is 0.484 e. The van der Waals surface area contributed by atoms with Crippen molar-refractivity contribution in [1.29, 1.82) is 0 Å². The highest BCUT2D eigenvalue weighted by Crippen LogP contribution is 2.29. The Kier molecular flexibility index (Phi) is 5.58. The summed E-state index contributed by atoms with van der Waals surface area (Å²) in [6.07, 6.45) is 4.52. The molecular weight excluding hydrogens is 350 g/mol. The number of carbonyl (C=O) groups is 2. The monoisotopic (exact) mass is 371 g/mol. The number of ether oxygens (including phenoxy) is 1. The number of amides is 2. The van der Waals surface area contributed by atoms with E-state index in [9.17, 15) is 9.59 Å². The van der Waals surface area contributed by atoms with Gasteiger partial charge < -0.3 is 10.5 Å². The summed E-state index contributed by atoms with van der Waals surface area (Å²) in [7, 11) is 0. The van der Waals surface area contributed by atoms with Crippen molar-refractivity contribution in [3.8, 4) is 5.75 Å². The zero-order valence-electron chi connectivity index (χ0n) is 14.3. The van der Waals surface area contributed by atoms with Crippen LogP contribution in [0.3, 0.4) is 0 Å². The summed E-state index contributed by atoms with van der Waals surface area (Å²) in [6.45, 7) is 3.75. The number of aryl methyl sites for hydroxylation is 2. The van der Waals surface area contributed by atoms with E-state index >= 15 is 0 Å². The van der Waals surface area contributed by atoms with E-state index in [1.165, 1.54) is 23.3 Å². The number of hydrogen-bond acceptors (Lipinski definition) is 5. The highest BCUT2D eigenvalue weighted by Gasteiger charge is 2.17. The van der Waals surface area contributed by atoms with E-state index in [1.54, 1.807) is 35.6 Å². The second kappa shape index (κ2) is 8.05. The fraction of sp³-hybridized carbons (Fsp3) is 0.263. The SMILES string of the molecule is C=C(NNC(=O)c1cc2c(s1)CCCC2)c1ccc(OCC(N)=O)cc1. The summed E-state index contributed by atoms with van der Waals surface area (Å²) in [4.78, 5) is 25.1. The van der Waals surface area contributed by atoms with Crippen molar-refractivity contribution in [2.45, 2.75) is 25.7 Å². The number of nitrogens with two attached hydrogens (primary N) is 1. The molecule has 0 bridgehead atoms. The van der Waals surface area contributed by atoms with Gasteiger partial charge in [0.25, 0.3) is 11.8 Å². The van der Waals surface area contributed by atoms with Crippen LogP contribution < -0.4 is 21.3 Å². The van der Waals surface area contributed by atoms with Crippen molar-refractivity contribution >= 4 is 28.8 Å². The summed E-state index contributed by atoms with van der Waals surface area (Å²) in [5.41, 5.74) is 13.2. The van der Waals surface area contributed by atoms with Crippen LogP contribution in [0.5, 0.6) is 5.75 Å². The molecule has 3 rings (SSSR count). The fourth-order valence-corrected chi connectivity index (χ4v) is 3.92. The number of benzene rings is 1. The molecule has 7 heteroatoms. The Morgan fingerprint density at radius 1 is 1.15 bits per heavy atom. The lowest BCUT2D eigenvalue weighted by Crippen LogP contribution is -2.35. The van der Waals surface area contributed by atoms with Gasteiger partial charge in [-0.15, -0.1) is 11.3 Å². The van der Waals surface area contributed by atoms with E-state index in [4.69, 9.17) is 10.5 Å². The van der Waals surface area contributed by atoms with Gasteiger partial charge in [-0.3, -0.25) is 20.4 Å². The summed E-state index contributed by atoms with van der Waals surface area (Å²) in [5, 5.41) is 0. The van der Waals surface area contributed by atoms with Gasteiger partial charge in [-0.05, 0) is 67.1 Å². The molecular formula is C19H21N3O3S. The molecule has 0 saturated carbocycles. The van der Waals surface area contributed by atoms with Gasteiger partial charge in [0.2, 0.25) is 0 Å². The number of nitrogens with one attached hydrogen (secondary N) is 2. The smallest absolute Gasteiger partial charge is 0.279 e. The predicted octanol–water partition coefficient (Wildman–Crippen LogP) is 2.40. The normalized spacial score (nSPS) is 12.8. The first-order valence-electron chi connectivity index (χ1n) is 8.41. The highest BCUT2D eigenvalue weighted by molar-refractivity contribution is 7.14. The van der Waals surface area contributed by atoms with Crippen LogP contribution in [0.1, 0.15) is 38.5 Å². The van der Waals surface area contributed by atoms with Gasteiger partial charge in [-0.1, -0.05) is 6.58 Å². The molecule has 1 aromatic heterocycles. The van der Waals surface area contributed by atoms with Crippen LogP contribution in [0.4, 0.5) is 0 Å². The molecule has 0 unspecified atom stereocenters. The van der Waals surface area contributed by atoms with E-state index in [-0.39, 0.29) is 12.5 Å². The standard InChI is InChI=1S/C19H21N3O3S/c1-12(13-6-8-15(9-7-13)25-11-18(20)23)21-22-19(24)17-10-14-4-2-3-5-16(14)26-17/h6-10,21H,1-5,11H2,(H2,20,23)(H,22,24). The minimum Gasteiger partial charge on any atom is -0.484 e. The van der Waals surface area contributed by atoms with Crippen molar-refractivity contribution in [3.05, 3.63) is 57.8 Å². The number of carbonyl (C=O) groups excluding carboxylic acids is 2. The van der Waals surface area contributed by atoms with E-state index < -0.39 is 5.91 Å². The molecule has 2 aromatic rings. The summed E-state index contributed by atoms with van der Waals surface area (Å²) >= 11 is 1.56. The summed E-state index contributed by atoms with van der Waals surface area (Å²) in [6, 6.07) is 8.97. The van der Waals surface area contributed by atoms with Crippen LogP contribution in [-0.4, -0.2) is 18.4 Å². The van der Waals surface area contributed by atoms with Gasteiger partial charge in [0.1, 0.15) is 5.75 Å². The molecule has 0 saturated heterocycles. The van der Waals surface area contributed by atoms with Crippen molar-refractivity contribution in [1.82, 2.24) is 10.9 Å². The third kappa shape index (κ3) is 4.43. The highest BCUT2D eigenvalue weighted by atomic mass is 32.1. The number of fused-ring (bicyclic) bond motifs is 1. The molecule has 0 aliphatic heterocycles. The lowest BCUT2D eigenvalue weighted by atomic mass is 9.99. The number of hydrazine groups is 1. The Bertz CT molecular complexity index is 804. The number of hydrogen-bond donors (Lipinski definition) is 3. The molecule has 0 spiro atoms. The van der Waals surface area contributed by atoms with Crippen LogP contribution in [0.2, 0.25) is 0 Å². The Hall–Kier alpha value is -2.80. The summed E-state index contributed by atoms with van der Waals surface area (Å²) < 4.78 is 5.21. The average molecular weight is 371 g/mol. The van der Waals surface area contributed by atoms with Crippen molar-refractivity contribution in [2.75, 3.05) is 6.61 Å².